The van der Waals surface area contributed by atoms with E-state index in [-0.39, 0.29) is 14.3 Å². The SMILES string of the molecule is [Am+3].[O-]B([O-])[O-]. The fourth-order valence-corrected chi connectivity index (χ4v) is 0. The van der Waals surface area contributed by atoms with Crippen LogP contribution < -0.4 is 15.1 Å². The first kappa shape index (κ1) is 9.01. The third kappa shape index (κ3) is 211. The van der Waals surface area contributed by atoms with Crippen LogP contribution >= 0.6 is 0 Å². The topological polar surface area (TPSA) is 69.2 Å². The molecule has 0 atom stereocenters. The maximum atomic E-state index is 8.42. The first-order chi connectivity index (χ1) is 1.73. The van der Waals surface area contributed by atoms with Crippen molar-refractivity contribution in [2.24, 2.45) is 0 Å². The number of hydrogen-bond donors (Lipinski definition) is 0. The first-order valence-electron chi connectivity index (χ1n) is 0.707. The smallest absolute Gasteiger partial charge is 0.907 e. The zero-order valence-corrected chi connectivity index (χ0v) is 5.33. The molecule has 0 unspecified atom stereocenters. The second kappa shape index (κ2) is 4.33. The molecular formula is AmBO3. The van der Waals surface area contributed by atoms with Crippen LogP contribution in [0.5, 0.6) is 0 Å². The Morgan fingerprint density at radius 2 is 1.00 bits per heavy atom. The van der Waals surface area contributed by atoms with Crippen molar-refractivity contribution in [2.75, 3.05) is 0 Å². The van der Waals surface area contributed by atoms with Gasteiger partial charge in [-0.15, -0.1) is 0 Å². The minimum atomic E-state index is -2.92. The van der Waals surface area contributed by atoms with Gasteiger partial charge >= 0.3 is 14.3 Å². The average molecular weight is 302 g/mol. The second-order valence-corrected chi connectivity index (χ2v) is 0.289. The molecule has 0 fully saturated rings. The van der Waals surface area contributed by atoms with E-state index in [4.69, 9.17) is 15.1 Å². The van der Waals surface area contributed by atoms with Crippen molar-refractivity contribution in [3.63, 3.8) is 0 Å². The Kier molecular flexibility index (Phi) is 7.81. The van der Waals surface area contributed by atoms with E-state index in [0.29, 0.717) is 0 Å². The molecule has 28 valence electrons. The maximum absolute atomic E-state index is 8.42. The van der Waals surface area contributed by atoms with Gasteiger partial charge < -0.3 is 15.1 Å². The van der Waals surface area contributed by atoms with Gasteiger partial charge in [0.25, 0.3) is 0 Å². The standard InChI is InChI=1S/Am.BO3/c;2-1(3)4/q+3;-3. The van der Waals surface area contributed by atoms with Gasteiger partial charge in [0.1, 0.15) is 0 Å². The fourth-order valence-electron chi connectivity index (χ4n) is 0. The molecule has 0 aliphatic rings. The van der Waals surface area contributed by atoms with E-state index in [9.17, 15) is 0 Å². The Hall–Kier alpha value is 0.335. The average Bonchev–Trinajstić information content (AvgIpc) is 0.811. The van der Waals surface area contributed by atoms with Crippen LogP contribution in [-0.4, -0.2) is 7.32 Å². The molecule has 0 heterocycles. The van der Waals surface area contributed by atoms with Gasteiger partial charge in [-0.3, -0.25) is 7.32 Å². The van der Waals surface area contributed by atoms with E-state index in [1.165, 1.54) is 0 Å². The summed E-state index contributed by atoms with van der Waals surface area (Å²) in [5.74, 6) is 0. The molecule has 0 N–H and O–H groups in total. The summed E-state index contributed by atoms with van der Waals surface area (Å²) >= 11 is 0. The van der Waals surface area contributed by atoms with E-state index in [2.05, 4.69) is 0 Å². The molecule has 0 saturated carbocycles. The van der Waals surface area contributed by atoms with E-state index >= 15 is 0 Å². The third-order valence-electron chi connectivity index (χ3n) is 0. The summed E-state index contributed by atoms with van der Waals surface area (Å²) in [4.78, 5) is 0. The van der Waals surface area contributed by atoms with Crippen LogP contribution in [0, 0.1) is 14.3 Å². The van der Waals surface area contributed by atoms with Crippen molar-refractivity contribution < 1.29 is 29.4 Å². The van der Waals surface area contributed by atoms with Crippen LogP contribution in [0.1, 0.15) is 0 Å². The van der Waals surface area contributed by atoms with Crippen molar-refractivity contribution in [2.45, 2.75) is 0 Å². The quantitative estimate of drug-likeness (QED) is 0.429. The molecule has 0 saturated heterocycles. The Labute approximate surface area is 37.6 Å². The van der Waals surface area contributed by atoms with Gasteiger partial charge in [0.15, 0.2) is 0 Å². The molecular weight excluding hydrogens is 302 g/mol. The molecule has 0 bridgehead atoms. The molecule has 0 radical (unpaired) electrons. The Balaban J connectivity index is 0. The van der Waals surface area contributed by atoms with Gasteiger partial charge in [0, 0.05) is 0 Å². The molecule has 3 nitrogen and oxygen atoms in total. The zero-order valence-electron chi connectivity index (χ0n) is 2.18. The molecule has 5 heteroatoms. The molecule has 5 heavy (non-hydrogen) atoms. The van der Waals surface area contributed by atoms with E-state index in [1.54, 1.807) is 0 Å². The summed E-state index contributed by atoms with van der Waals surface area (Å²) in [7, 11) is -2.92. The Morgan fingerprint density at radius 1 is 1.00 bits per heavy atom. The van der Waals surface area contributed by atoms with Gasteiger partial charge in [-0.1, -0.05) is 0 Å². The van der Waals surface area contributed by atoms with Crippen molar-refractivity contribution in [3.05, 3.63) is 0 Å². The summed E-state index contributed by atoms with van der Waals surface area (Å²) in [5.41, 5.74) is 0. The number of rotatable bonds is 0. The molecule has 0 aromatic rings. The van der Waals surface area contributed by atoms with Gasteiger partial charge in [0.05, 0.1) is 0 Å². The normalized spacial score (nSPS) is 5.40. The Morgan fingerprint density at radius 3 is 1.00 bits per heavy atom. The minimum Gasteiger partial charge on any atom is -0.907 e. The van der Waals surface area contributed by atoms with Crippen LogP contribution in [0.15, 0.2) is 0 Å². The van der Waals surface area contributed by atoms with Gasteiger partial charge in [0.2, 0.25) is 0 Å². The molecule has 0 aliphatic carbocycles. The van der Waals surface area contributed by atoms with Crippen molar-refractivity contribution in [3.8, 4) is 0 Å². The fraction of sp³-hybridized carbons (Fsp3) is 0. The number of hydrogen-bond acceptors (Lipinski definition) is 3. The summed E-state index contributed by atoms with van der Waals surface area (Å²) < 4.78 is 0. The third-order valence-corrected chi connectivity index (χ3v) is 0. The predicted molar refractivity (Wildman–Crippen MR) is 5.75 cm³/mol. The monoisotopic (exact) mass is 300 g/mol. The molecule has 0 spiro atoms. The first-order valence-corrected chi connectivity index (χ1v) is 0.707. The van der Waals surface area contributed by atoms with Crippen molar-refractivity contribution in [1.82, 2.24) is 0 Å². The van der Waals surface area contributed by atoms with Gasteiger partial charge in [-0.2, -0.15) is 0 Å². The second-order valence-electron chi connectivity index (χ2n) is 0.289. The maximum Gasteiger partial charge on any atom is 3.00 e. The molecule has 0 rings (SSSR count). The largest absolute Gasteiger partial charge is 3.00 e. The van der Waals surface area contributed by atoms with Crippen LogP contribution in [0.25, 0.3) is 0 Å². The van der Waals surface area contributed by atoms with E-state index in [0.717, 1.165) is 0 Å². The van der Waals surface area contributed by atoms with E-state index in [1.807, 2.05) is 0 Å². The Bertz CT molecular complexity index is 11.6. The molecule has 0 aromatic carbocycles. The summed E-state index contributed by atoms with van der Waals surface area (Å²) in [5, 5.41) is 25.2. The molecule has 0 aromatic heterocycles. The van der Waals surface area contributed by atoms with Gasteiger partial charge in [-0.05, 0) is 0 Å². The van der Waals surface area contributed by atoms with E-state index < -0.39 is 7.32 Å². The summed E-state index contributed by atoms with van der Waals surface area (Å²) in [6, 6.07) is 0. The molecule has 0 aliphatic heterocycles. The predicted octanol–water partition coefficient (Wildman–Crippen LogP) is -3.95. The van der Waals surface area contributed by atoms with Gasteiger partial charge in [-0.25, -0.2) is 0 Å². The molecule has 0 amide bonds. The van der Waals surface area contributed by atoms with Crippen LogP contribution in [0.3, 0.4) is 0 Å². The van der Waals surface area contributed by atoms with Crippen molar-refractivity contribution >= 4 is 7.32 Å². The summed E-state index contributed by atoms with van der Waals surface area (Å²) in [6.45, 7) is 0. The van der Waals surface area contributed by atoms with Crippen LogP contribution in [-0.2, 0) is 0 Å². The van der Waals surface area contributed by atoms with Crippen LogP contribution in [0.2, 0.25) is 0 Å². The zero-order chi connectivity index (χ0) is 3.58. The van der Waals surface area contributed by atoms with Crippen LogP contribution in [0.4, 0.5) is 0 Å². The minimum absolute atomic E-state index is 0. The van der Waals surface area contributed by atoms with Crippen molar-refractivity contribution in [1.29, 1.82) is 0 Å². The summed E-state index contributed by atoms with van der Waals surface area (Å²) in [6.07, 6.45) is 0.